The quantitative estimate of drug-likeness (QED) is 0.692. The highest BCUT2D eigenvalue weighted by Gasteiger charge is 2.51. The van der Waals surface area contributed by atoms with Crippen molar-refractivity contribution in [3.8, 4) is 0 Å². The Hall–Kier alpha value is -3.15. The lowest BCUT2D eigenvalue weighted by atomic mass is 9.87. The molecule has 0 saturated carbocycles. The maximum atomic E-state index is 13.2. The zero-order chi connectivity index (χ0) is 21.9. The second-order valence-corrected chi connectivity index (χ2v) is 8.48. The summed E-state index contributed by atoms with van der Waals surface area (Å²) in [5.41, 5.74) is 1.36. The zero-order valence-electron chi connectivity index (χ0n) is 18.0. The van der Waals surface area contributed by atoms with Crippen LogP contribution in [0.25, 0.3) is 0 Å². The van der Waals surface area contributed by atoms with Crippen molar-refractivity contribution in [3.05, 3.63) is 71.3 Å². The topological polar surface area (TPSA) is 78.5 Å². The summed E-state index contributed by atoms with van der Waals surface area (Å²) in [5, 5.41) is 5.78. The molecule has 0 aromatic heterocycles. The van der Waals surface area contributed by atoms with Crippen LogP contribution in [0.2, 0.25) is 0 Å². The lowest BCUT2D eigenvalue weighted by molar-refractivity contribution is -0.135. The van der Waals surface area contributed by atoms with Gasteiger partial charge in [0.25, 0.3) is 5.91 Å². The number of hydrogen-bond acceptors (Lipinski definition) is 3. The van der Waals surface area contributed by atoms with E-state index in [1.165, 1.54) is 0 Å². The molecule has 1 saturated heterocycles. The molecule has 4 amide bonds. The van der Waals surface area contributed by atoms with Crippen molar-refractivity contribution in [1.82, 2.24) is 15.5 Å². The van der Waals surface area contributed by atoms with E-state index in [9.17, 15) is 14.4 Å². The molecular weight excluding hydrogens is 378 g/mol. The highest BCUT2D eigenvalue weighted by atomic mass is 16.2. The van der Waals surface area contributed by atoms with Crippen molar-refractivity contribution < 1.29 is 14.4 Å². The van der Waals surface area contributed by atoms with Gasteiger partial charge in [-0.3, -0.25) is 14.5 Å². The van der Waals surface area contributed by atoms with E-state index in [2.05, 4.69) is 10.6 Å². The van der Waals surface area contributed by atoms with E-state index >= 15 is 0 Å². The summed E-state index contributed by atoms with van der Waals surface area (Å²) in [6.45, 7) is 7.44. The molecule has 3 rings (SSSR count). The van der Waals surface area contributed by atoms with Crippen molar-refractivity contribution in [2.75, 3.05) is 6.54 Å². The standard InChI is InChI=1S/C24H29N3O3/c1-5-24(19-13-7-6-8-14-19)21(29)27(22(30)26-24)16-20(28)25-23(3,4)15-18-12-10-9-11-17(18)2/h6-14H,5,15-16H2,1-4H3,(H,25,28)(H,26,30). The molecule has 0 radical (unpaired) electrons. The van der Waals surface area contributed by atoms with E-state index < -0.39 is 23.0 Å². The number of nitrogens with zero attached hydrogens (tertiary/aromatic N) is 1. The van der Waals surface area contributed by atoms with Crippen molar-refractivity contribution >= 4 is 17.8 Å². The highest BCUT2D eigenvalue weighted by Crippen LogP contribution is 2.32. The Bertz CT molecular complexity index is 955. The van der Waals surface area contributed by atoms with E-state index in [1.54, 1.807) is 0 Å². The molecule has 1 unspecified atom stereocenters. The van der Waals surface area contributed by atoms with Crippen LogP contribution < -0.4 is 10.6 Å². The molecule has 2 aromatic carbocycles. The number of imide groups is 1. The van der Waals surface area contributed by atoms with Crippen LogP contribution >= 0.6 is 0 Å². The number of carbonyl (C=O) groups is 3. The number of amides is 4. The third-order valence-corrected chi connectivity index (χ3v) is 5.65. The first kappa shape index (κ1) is 21.6. The summed E-state index contributed by atoms with van der Waals surface area (Å²) in [5.74, 6) is -0.759. The Morgan fingerprint density at radius 2 is 1.70 bits per heavy atom. The normalized spacial score (nSPS) is 19.0. The average molecular weight is 408 g/mol. The van der Waals surface area contributed by atoms with Gasteiger partial charge in [-0.1, -0.05) is 61.5 Å². The third-order valence-electron chi connectivity index (χ3n) is 5.65. The van der Waals surface area contributed by atoms with Crippen molar-refractivity contribution in [3.63, 3.8) is 0 Å². The molecule has 0 bridgehead atoms. The molecule has 30 heavy (non-hydrogen) atoms. The number of rotatable bonds is 7. The lowest BCUT2D eigenvalue weighted by Gasteiger charge is -2.28. The van der Waals surface area contributed by atoms with Gasteiger partial charge in [-0.15, -0.1) is 0 Å². The first-order valence-electron chi connectivity index (χ1n) is 10.2. The molecule has 1 atom stereocenters. The number of nitrogens with one attached hydrogen (secondary N) is 2. The monoisotopic (exact) mass is 407 g/mol. The fourth-order valence-electron chi connectivity index (χ4n) is 4.02. The average Bonchev–Trinajstić information content (AvgIpc) is 2.95. The Morgan fingerprint density at radius 3 is 2.33 bits per heavy atom. The molecule has 158 valence electrons. The van der Waals surface area contributed by atoms with E-state index in [1.807, 2.05) is 82.3 Å². The number of carbonyl (C=O) groups excluding carboxylic acids is 3. The Labute approximate surface area is 177 Å². The summed E-state index contributed by atoms with van der Waals surface area (Å²) < 4.78 is 0. The van der Waals surface area contributed by atoms with Crippen LogP contribution in [0.3, 0.4) is 0 Å². The van der Waals surface area contributed by atoms with Crippen LogP contribution in [-0.4, -0.2) is 34.8 Å². The molecule has 1 fully saturated rings. The summed E-state index contributed by atoms with van der Waals surface area (Å²) in [4.78, 5) is 39.5. The number of urea groups is 1. The minimum Gasteiger partial charge on any atom is -0.349 e. The van der Waals surface area contributed by atoms with Crippen molar-refractivity contribution in [2.24, 2.45) is 0 Å². The van der Waals surface area contributed by atoms with Crippen molar-refractivity contribution in [1.29, 1.82) is 0 Å². The van der Waals surface area contributed by atoms with Gasteiger partial charge in [-0.05, 0) is 50.3 Å². The molecule has 2 aromatic rings. The molecule has 0 spiro atoms. The highest BCUT2D eigenvalue weighted by molar-refractivity contribution is 6.09. The SMILES string of the molecule is CCC1(c2ccccc2)NC(=O)N(CC(=O)NC(C)(C)Cc2ccccc2C)C1=O. The second-order valence-electron chi connectivity index (χ2n) is 8.48. The van der Waals surface area contributed by atoms with Crippen LogP contribution in [0.1, 0.15) is 43.9 Å². The molecule has 1 heterocycles. The minimum atomic E-state index is -1.13. The first-order chi connectivity index (χ1) is 14.2. The maximum absolute atomic E-state index is 13.2. The fraction of sp³-hybridized carbons (Fsp3) is 0.375. The predicted octanol–water partition coefficient (Wildman–Crippen LogP) is 3.29. The van der Waals surface area contributed by atoms with Crippen LogP contribution in [0, 0.1) is 6.92 Å². The van der Waals surface area contributed by atoms with Gasteiger partial charge in [-0.25, -0.2) is 4.79 Å². The van der Waals surface area contributed by atoms with Crippen LogP contribution in [0.5, 0.6) is 0 Å². The van der Waals surface area contributed by atoms with Gasteiger partial charge in [0, 0.05) is 5.54 Å². The number of hydrogen-bond donors (Lipinski definition) is 2. The predicted molar refractivity (Wildman–Crippen MR) is 116 cm³/mol. The minimum absolute atomic E-state index is 0.309. The summed E-state index contributed by atoms with van der Waals surface area (Å²) in [6, 6.07) is 16.6. The molecule has 2 N–H and O–H groups in total. The van der Waals surface area contributed by atoms with Gasteiger partial charge >= 0.3 is 6.03 Å². The smallest absolute Gasteiger partial charge is 0.325 e. The van der Waals surface area contributed by atoms with Crippen LogP contribution in [0.4, 0.5) is 4.79 Å². The lowest BCUT2D eigenvalue weighted by Crippen LogP contribution is -2.50. The van der Waals surface area contributed by atoms with E-state index in [-0.39, 0.29) is 12.5 Å². The number of aryl methyl sites for hydroxylation is 1. The molecule has 6 nitrogen and oxygen atoms in total. The van der Waals surface area contributed by atoms with Gasteiger partial charge in [0.2, 0.25) is 5.91 Å². The van der Waals surface area contributed by atoms with Crippen molar-refractivity contribution in [2.45, 2.75) is 51.6 Å². The van der Waals surface area contributed by atoms with Gasteiger partial charge < -0.3 is 10.6 Å². The van der Waals surface area contributed by atoms with Crippen LogP contribution in [-0.2, 0) is 21.5 Å². The first-order valence-corrected chi connectivity index (χ1v) is 10.2. The Morgan fingerprint density at radius 1 is 1.07 bits per heavy atom. The molecule has 1 aliphatic rings. The summed E-state index contributed by atoms with van der Waals surface area (Å²) in [6.07, 6.45) is 1.05. The maximum Gasteiger partial charge on any atom is 0.325 e. The van der Waals surface area contributed by atoms with Gasteiger partial charge in [0.1, 0.15) is 12.1 Å². The van der Waals surface area contributed by atoms with Gasteiger partial charge in [0.05, 0.1) is 0 Å². The summed E-state index contributed by atoms with van der Waals surface area (Å²) >= 11 is 0. The van der Waals surface area contributed by atoms with E-state index in [0.717, 1.165) is 16.0 Å². The van der Waals surface area contributed by atoms with E-state index in [0.29, 0.717) is 18.4 Å². The zero-order valence-corrected chi connectivity index (χ0v) is 18.0. The molecule has 0 aliphatic carbocycles. The Balaban J connectivity index is 1.71. The van der Waals surface area contributed by atoms with Gasteiger partial charge in [-0.2, -0.15) is 0 Å². The summed E-state index contributed by atoms with van der Waals surface area (Å²) in [7, 11) is 0. The fourth-order valence-corrected chi connectivity index (χ4v) is 4.02. The number of benzene rings is 2. The Kier molecular flexibility index (Phi) is 5.97. The second kappa shape index (κ2) is 8.30. The molecular formula is C24H29N3O3. The van der Waals surface area contributed by atoms with E-state index in [4.69, 9.17) is 0 Å². The molecule has 6 heteroatoms. The third kappa shape index (κ3) is 4.22. The van der Waals surface area contributed by atoms with Gasteiger partial charge in [0.15, 0.2) is 0 Å². The molecule has 1 aliphatic heterocycles. The van der Waals surface area contributed by atoms with Crippen LogP contribution in [0.15, 0.2) is 54.6 Å². The largest absolute Gasteiger partial charge is 0.349 e.